The van der Waals surface area contributed by atoms with E-state index in [0.29, 0.717) is 4.88 Å². The van der Waals surface area contributed by atoms with Gasteiger partial charge in [0, 0.05) is 9.58 Å². The number of fused-ring (bicyclic) bond motifs is 1. The van der Waals surface area contributed by atoms with Crippen LogP contribution in [0, 0.1) is 0 Å². The summed E-state index contributed by atoms with van der Waals surface area (Å²) in [5, 5.41) is 19.7. The fourth-order valence-corrected chi connectivity index (χ4v) is 2.43. The molecule has 2 aromatic rings. The van der Waals surface area contributed by atoms with Crippen LogP contribution in [0.1, 0.15) is 11.0 Å². The fourth-order valence-electron chi connectivity index (χ4n) is 1.41. The van der Waals surface area contributed by atoms with E-state index in [-0.39, 0.29) is 5.75 Å². The minimum Gasteiger partial charge on any atom is -0.508 e. The molecule has 1 unspecified atom stereocenters. The number of hydrogen-bond acceptors (Lipinski definition) is 5. The third-order valence-corrected chi connectivity index (χ3v) is 3.38. The van der Waals surface area contributed by atoms with Crippen molar-refractivity contribution in [2.75, 3.05) is 7.11 Å². The molecular weight excluding hydrogens is 228 g/mol. The van der Waals surface area contributed by atoms with Crippen LogP contribution >= 0.6 is 11.3 Å². The first-order valence-electron chi connectivity index (χ1n) is 4.60. The Kier molecular flexibility index (Phi) is 2.80. The smallest absolute Gasteiger partial charge is 0.340 e. The lowest BCUT2D eigenvalue weighted by molar-refractivity contribution is -0.150. The van der Waals surface area contributed by atoms with Gasteiger partial charge in [0.15, 0.2) is 6.10 Å². The van der Waals surface area contributed by atoms with Gasteiger partial charge in [-0.25, -0.2) is 4.79 Å². The van der Waals surface area contributed by atoms with Crippen molar-refractivity contribution < 1.29 is 19.7 Å². The minimum atomic E-state index is -1.26. The van der Waals surface area contributed by atoms with Crippen molar-refractivity contribution >= 4 is 27.4 Å². The van der Waals surface area contributed by atoms with Gasteiger partial charge >= 0.3 is 5.97 Å². The van der Waals surface area contributed by atoms with Gasteiger partial charge in [0.1, 0.15) is 5.75 Å². The monoisotopic (exact) mass is 238 g/mol. The molecule has 2 N–H and O–H groups in total. The number of aliphatic hydroxyl groups is 1. The third-order valence-electron chi connectivity index (χ3n) is 2.21. The Morgan fingerprint density at radius 1 is 1.44 bits per heavy atom. The number of rotatable bonds is 2. The Balaban J connectivity index is 2.43. The maximum atomic E-state index is 11.1. The van der Waals surface area contributed by atoms with Crippen LogP contribution < -0.4 is 0 Å². The number of aromatic hydroxyl groups is 1. The van der Waals surface area contributed by atoms with E-state index in [4.69, 9.17) is 0 Å². The summed E-state index contributed by atoms with van der Waals surface area (Å²) in [4.78, 5) is 11.6. The number of hydrogen-bond donors (Lipinski definition) is 2. The average molecular weight is 238 g/mol. The van der Waals surface area contributed by atoms with Crippen LogP contribution in [0.25, 0.3) is 10.1 Å². The van der Waals surface area contributed by atoms with E-state index >= 15 is 0 Å². The maximum Gasteiger partial charge on any atom is 0.340 e. The molecule has 2 rings (SSSR count). The quantitative estimate of drug-likeness (QED) is 0.783. The van der Waals surface area contributed by atoms with E-state index in [0.717, 1.165) is 10.1 Å². The van der Waals surface area contributed by atoms with Crippen molar-refractivity contribution in [1.29, 1.82) is 0 Å². The van der Waals surface area contributed by atoms with E-state index in [1.165, 1.54) is 18.4 Å². The van der Waals surface area contributed by atoms with E-state index < -0.39 is 12.1 Å². The minimum absolute atomic E-state index is 0.157. The van der Waals surface area contributed by atoms with Gasteiger partial charge in [-0.3, -0.25) is 0 Å². The summed E-state index contributed by atoms with van der Waals surface area (Å²) >= 11 is 1.30. The molecule has 5 heteroatoms. The van der Waals surface area contributed by atoms with Crippen LogP contribution in [0.2, 0.25) is 0 Å². The standard InChI is InChI=1S/C11H10O4S/c1-15-11(14)10(13)9-5-6-4-7(12)2-3-8(6)16-9/h2-5,10,12-13H,1H3. The second-order valence-corrected chi connectivity index (χ2v) is 4.41. The van der Waals surface area contributed by atoms with Crippen LogP contribution in [0.15, 0.2) is 24.3 Å². The lowest BCUT2D eigenvalue weighted by Crippen LogP contribution is -2.11. The van der Waals surface area contributed by atoms with Gasteiger partial charge in [0.2, 0.25) is 0 Å². The summed E-state index contributed by atoms with van der Waals surface area (Å²) in [6.45, 7) is 0. The molecule has 84 valence electrons. The van der Waals surface area contributed by atoms with Crippen LogP contribution in [-0.2, 0) is 9.53 Å². The summed E-state index contributed by atoms with van der Waals surface area (Å²) in [5.41, 5.74) is 0. The highest BCUT2D eigenvalue weighted by molar-refractivity contribution is 7.19. The van der Waals surface area contributed by atoms with Gasteiger partial charge in [-0.2, -0.15) is 0 Å². The molecular formula is C11H10O4S. The Bertz CT molecular complexity index is 532. The summed E-state index contributed by atoms with van der Waals surface area (Å²) in [6.07, 6.45) is -1.26. The average Bonchev–Trinajstić information content (AvgIpc) is 2.69. The highest BCUT2D eigenvalue weighted by Crippen LogP contribution is 2.32. The lowest BCUT2D eigenvalue weighted by atomic mass is 10.2. The Morgan fingerprint density at radius 2 is 2.19 bits per heavy atom. The molecule has 0 bridgehead atoms. The van der Waals surface area contributed by atoms with Crippen LogP contribution in [0.3, 0.4) is 0 Å². The van der Waals surface area contributed by atoms with E-state index in [1.54, 1.807) is 24.3 Å². The van der Waals surface area contributed by atoms with Crippen molar-refractivity contribution in [3.05, 3.63) is 29.1 Å². The molecule has 0 spiro atoms. The first-order chi connectivity index (χ1) is 7.61. The molecule has 0 amide bonds. The normalized spacial score (nSPS) is 12.6. The first-order valence-corrected chi connectivity index (χ1v) is 5.42. The van der Waals surface area contributed by atoms with Crippen molar-refractivity contribution in [3.63, 3.8) is 0 Å². The summed E-state index contributed by atoms with van der Waals surface area (Å²) in [6, 6.07) is 6.55. The number of phenolic OH excluding ortho intramolecular Hbond substituents is 1. The third kappa shape index (κ3) is 1.87. The number of thiophene rings is 1. The van der Waals surface area contributed by atoms with Crippen molar-refractivity contribution in [1.82, 2.24) is 0 Å². The molecule has 1 heterocycles. The molecule has 0 radical (unpaired) electrons. The van der Waals surface area contributed by atoms with E-state index in [9.17, 15) is 15.0 Å². The number of ether oxygens (including phenoxy) is 1. The molecule has 0 aliphatic heterocycles. The van der Waals surface area contributed by atoms with Gasteiger partial charge in [0.05, 0.1) is 7.11 Å². The molecule has 16 heavy (non-hydrogen) atoms. The van der Waals surface area contributed by atoms with Crippen molar-refractivity contribution in [3.8, 4) is 5.75 Å². The van der Waals surface area contributed by atoms with Crippen molar-refractivity contribution in [2.45, 2.75) is 6.10 Å². The zero-order chi connectivity index (χ0) is 11.7. The number of phenols is 1. The Morgan fingerprint density at radius 3 is 2.88 bits per heavy atom. The summed E-state index contributed by atoms with van der Waals surface area (Å²) in [7, 11) is 1.23. The molecule has 4 nitrogen and oxygen atoms in total. The number of benzene rings is 1. The molecule has 0 fully saturated rings. The summed E-state index contributed by atoms with van der Waals surface area (Å²) < 4.78 is 5.35. The van der Waals surface area contributed by atoms with Gasteiger partial charge in [-0.05, 0) is 29.7 Å². The van der Waals surface area contributed by atoms with Crippen LogP contribution in [0.5, 0.6) is 5.75 Å². The molecule has 0 aliphatic rings. The van der Waals surface area contributed by atoms with E-state index in [1.807, 2.05) is 0 Å². The predicted octanol–water partition coefficient (Wildman–Crippen LogP) is 1.81. The first kappa shape index (κ1) is 10.9. The Labute approximate surface area is 95.7 Å². The van der Waals surface area contributed by atoms with Crippen LogP contribution in [-0.4, -0.2) is 23.3 Å². The predicted molar refractivity (Wildman–Crippen MR) is 60.5 cm³/mol. The number of carbonyl (C=O) groups excluding carboxylic acids is 1. The second kappa shape index (κ2) is 4.11. The number of esters is 1. The summed E-state index contributed by atoms with van der Waals surface area (Å²) in [5.74, 6) is -0.528. The largest absolute Gasteiger partial charge is 0.508 e. The fraction of sp³-hybridized carbons (Fsp3) is 0.182. The van der Waals surface area contributed by atoms with Gasteiger partial charge in [-0.1, -0.05) is 0 Å². The molecule has 1 atom stereocenters. The maximum absolute atomic E-state index is 11.1. The molecule has 1 aromatic carbocycles. The molecule has 1 aromatic heterocycles. The van der Waals surface area contributed by atoms with E-state index in [2.05, 4.69) is 4.74 Å². The molecule has 0 saturated carbocycles. The second-order valence-electron chi connectivity index (χ2n) is 3.30. The zero-order valence-electron chi connectivity index (χ0n) is 8.51. The highest BCUT2D eigenvalue weighted by atomic mass is 32.1. The SMILES string of the molecule is COC(=O)C(O)c1cc2cc(O)ccc2s1. The molecule has 0 aliphatic carbocycles. The highest BCUT2D eigenvalue weighted by Gasteiger charge is 2.20. The van der Waals surface area contributed by atoms with Crippen molar-refractivity contribution in [2.24, 2.45) is 0 Å². The van der Waals surface area contributed by atoms with Gasteiger partial charge < -0.3 is 14.9 Å². The molecule has 0 saturated heterocycles. The number of aliphatic hydroxyl groups excluding tert-OH is 1. The Hall–Kier alpha value is -1.59. The lowest BCUT2D eigenvalue weighted by Gasteiger charge is -2.04. The zero-order valence-corrected chi connectivity index (χ0v) is 9.32. The van der Waals surface area contributed by atoms with Gasteiger partial charge in [-0.15, -0.1) is 11.3 Å². The number of methoxy groups -OCH3 is 1. The van der Waals surface area contributed by atoms with Crippen LogP contribution in [0.4, 0.5) is 0 Å². The van der Waals surface area contributed by atoms with Gasteiger partial charge in [0.25, 0.3) is 0 Å². The number of carbonyl (C=O) groups is 1. The topological polar surface area (TPSA) is 66.8 Å².